The van der Waals surface area contributed by atoms with Crippen LogP contribution in [0.15, 0.2) is 72.8 Å². The molecule has 0 radical (unpaired) electrons. The largest absolute Gasteiger partial charge is 0.486 e. The Balaban J connectivity index is 1.26. The number of carbonyl (C=O) groups is 2. The Morgan fingerprint density at radius 1 is 0.871 bits per heavy atom. The molecule has 2 N–H and O–H groups in total. The number of nitrogens with one attached hydrogen (secondary N) is 2. The number of hydrogen-bond acceptors (Lipinski definition) is 4. The Morgan fingerprint density at radius 2 is 1.52 bits per heavy atom. The molecule has 0 fully saturated rings. The number of fused-ring (bicyclic) bond motifs is 1. The lowest BCUT2D eigenvalue weighted by Crippen LogP contribution is -2.30. The first-order chi connectivity index (χ1) is 15.1. The summed E-state index contributed by atoms with van der Waals surface area (Å²) in [5.41, 5.74) is 1.06. The molecule has 7 heteroatoms. The van der Waals surface area contributed by atoms with Crippen molar-refractivity contribution in [1.82, 2.24) is 0 Å². The highest BCUT2D eigenvalue weighted by Gasteiger charge is 2.21. The third-order valence-electron chi connectivity index (χ3n) is 4.81. The minimum absolute atomic E-state index is 0.0311. The summed E-state index contributed by atoms with van der Waals surface area (Å²) in [6, 6.07) is 19.8. The van der Waals surface area contributed by atoms with Gasteiger partial charge in [-0.15, -0.1) is 0 Å². The molecule has 6 nitrogen and oxygen atoms in total. The molecule has 0 saturated heterocycles. The molecule has 3 aromatic carbocycles. The zero-order valence-corrected chi connectivity index (χ0v) is 16.6. The summed E-state index contributed by atoms with van der Waals surface area (Å²) in [6.07, 6.45) is 0.621. The number of benzene rings is 3. The Hall–Kier alpha value is -3.87. The van der Waals surface area contributed by atoms with Crippen molar-refractivity contribution in [2.75, 3.05) is 17.2 Å². The number of amides is 2. The van der Waals surface area contributed by atoms with Gasteiger partial charge in [-0.3, -0.25) is 9.59 Å². The summed E-state index contributed by atoms with van der Waals surface area (Å²) in [7, 11) is 0. The SMILES string of the molecule is O=C(CCC1COc2ccccc2O1)Nc1ccc(NC(=O)c2ccccc2F)cc1. The number of hydrogen-bond donors (Lipinski definition) is 2. The van der Waals surface area contributed by atoms with Gasteiger partial charge in [0.1, 0.15) is 18.5 Å². The Kier molecular flexibility index (Phi) is 6.12. The highest BCUT2D eigenvalue weighted by atomic mass is 19.1. The molecule has 1 aliphatic heterocycles. The summed E-state index contributed by atoms with van der Waals surface area (Å²) >= 11 is 0. The topological polar surface area (TPSA) is 76.7 Å². The first kappa shape index (κ1) is 20.4. The predicted molar refractivity (Wildman–Crippen MR) is 115 cm³/mol. The quantitative estimate of drug-likeness (QED) is 0.609. The van der Waals surface area contributed by atoms with Crippen LogP contribution < -0.4 is 20.1 Å². The first-order valence-corrected chi connectivity index (χ1v) is 9.93. The summed E-state index contributed by atoms with van der Waals surface area (Å²) in [5, 5.41) is 5.45. The fraction of sp³-hybridized carbons (Fsp3) is 0.167. The van der Waals surface area contributed by atoms with Crippen molar-refractivity contribution in [3.8, 4) is 11.5 Å². The molecule has 31 heavy (non-hydrogen) atoms. The molecule has 1 aliphatic rings. The molecule has 1 atom stereocenters. The summed E-state index contributed by atoms with van der Waals surface area (Å²) in [4.78, 5) is 24.4. The molecule has 1 heterocycles. The van der Waals surface area contributed by atoms with Gasteiger partial charge in [-0.1, -0.05) is 24.3 Å². The second-order valence-corrected chi connectivity index (χ2v) is 7.10. The van der Waals surface area contributed by atoms with Gasteiger partial charge in [-0.05, 0) is 55.0 Å². The molecule has 2 amide bonds. The van der Waals surface area contributed by atoms with Gasteiger partial charge in [-0.25, -0.2) is 4.39 Å². The normalized spacial score (nSPS) is 14.5. The number of para-hydroxylation sites is 2. The van der Waals surface area contributed by atoms with E-state index >= 15 is 0 Å². The highest BCUT2D eigenvalue weighted by Crippen LogP contribution is 2.31. The van der Waals surface area contributed by atoms with Gasteiger partial charge in [-0.2, -0.15) is 0 Å². The van der Waals surface area contributed by atoms with Crippen LogP contribution >= 0.6 is 0 Å². The lowest BCUT2D eigenvalue weighted by molar-refractivity contribution is -0.116. The Morgan fingerprint density at radius 3 is 2.26 bits per heavy atom. The van der Waals surface area contributed by atoms with Crippen LogP contribution in [0.5, 0.6) is 11.5 Å². The van der Waals surface area contributed by atoms with E-state index in [2.05, 4.69) is 10.6 Å². The first-order valence-electron chi connectivity index (χ1n) is 9.93. The molecule has 0 saturated carbocycles. The molecule has 3 aromatic rings. The van der Waals surface area contributed by atoms with Crippen LogP contribution in [-0.4, -0.2) is 24.5 Å². The molecular weight excluding hydrogens is 399 g/mol. The molecule has 1 unspecified atom stereocenters. The van der Waals surface area contributed by atoms with Crippen molar-refractivity contribution in [1.29, 1.82) is 0 Å². The number of rotatable bonds is 6. The summed E-state index contributed by atoms with van der Waals surface area (Å²) in [5.74, 6) is 0.133. The van der Waals surface area contributed by atoms with E-state index in [4.69, 9.17) is 9.47 Å². The van der Waals surface area contributed by atoms with Crippen molar-refractivity contribution in [2.24, 2.45) is 0 Å². The number of carbonyl (C=O) groups excluding carboxylic acids is 2. The maximum absolute atomic E-state index is 13.7. The Bertz CT molecular complexity index is 1080. The average Bonchev–Trinajstić information content (AvgIpc) is 2.79. The average molecular weight is 420 g/mol. The van der Waals surface area contributed by atoms with Crippen molar-refractivity contribution < 1.29 is 23.5 Å². The van der Waals surface area contributed by atoms with Gasteiger partial charge in [0.2, 0.25) is 5.91 Å². The summed E-state index contributed by atoms with van der Waals surface area (Å²) in [6.45, 7) is 0.403. The van der Waals surface area contributed by atoms with Crippen molar-refractivity contribution >= 4 is 23.2 Å². The van der Waals surface area contributed by atoms with E-state index in [1.807, 2.05) is 24.3 Å². The van der Waals surface area contributed by atoms with E-state index in [0.717, 1.165) is 0 Å². The van der Waals surface area contributed by atoms with E-state index in [9.17, 15) is 14.0 Å². The molecule has 0 aromatic heterocycles. The molecule has 4 rings (SSSR count). The third-order valence-corrected chi connectivity index (χ3v) is 4.81. The molecule has 0 spiro atoms. The van der Waals surface area contributed by atoms with Crippen LogP contribution in [0, 0.1) is 5.82 Å². The van der Waals surface area contributed by atoms with Gasteiger partial charge in [0.25, 0.3) is 5.91 Å². The van der Waals surface area contributed by atoms with Gasteiger partial charge < -0.3 is 20.1 Å². The molecule has 0 aliphatic carbocycles. The monoisotopic (exact) mass is 420 g/mol. The zero-order valence-electron chi connectivity index (χ0n) is 16.6. The van der Waals surface area contributed by atoms with Crippen LogP contribution in [-0.2, 0) is 4.79 Å². The maximum Gasteiger partial charge on any atom is 0.258 e. The Labute approximate surface area is 179 Å². The van der Waals surface area contributed by atoms with E-state index < -0.39 is 11.7 Å². The predicted octanol–water partition coefficient (Wildman–Crippen LogP) is 4.64. The van der Waals surface area contributed by atoms with Crippen LogP contribution in [0.25, 0.3) is 0 Å². The number of ether oxygens (including phenoxy) is 2. The van der Waals surface area contributed by atoms with Crippen LogP contribution in [0.3, 0.4) is 0 Å². The number of anilines is 2. The number of halogens is 1. The standard InChI is InChI=1S/C24H21FN2O4/c25-20-6-2-1-5-19(20)24(29)27-17-11-9-16(10-12-17)26-23(28)14-13-18-15-30-21-7-3-4-8-22(21)31-18/h1-12,18H,13-15H2,(H,26,28)(H,27,29). The fourth-order valence-electron chi connectivity index (χ4n) is 3.20. The van der Waals surface area contributed by atoms with Gasteiger partial charge in [0, 0.05) is 17.8 Å². The lowest BCUT2D eigenvalue weighted by Gasteiger charge is -2.26. The highest BCUT2D eigenvalue weighted by molar-refractivity contribution is 6.04. The third kappa shape index (κ3) is 5.19. The smallest absolute Gasteiger partial charge is 0.258 e. The van der Waals surface area contributed by atoms with Gasteiger partial charge in [0.15, 0.2) is 11.5 Å². The van der Waals surface area contributed by atoms with E-state index in [1.165, 1.54) is 18.2 Å². The second kappa shape index (κ2) is 9.30. The van der Waals surface area contributed by atoms with Crippen molar-refractivity contribution in [3.05, 3.63) is 84.2 Å². The zero-order chi connectivity index (χ0) is 21.6. The second-order valence-electron chi connectivity index (χ2n) is 7.10. The molecule has 0 bridgehead atoms. The van der Waals surface area contributed by atoms with E-state index in [-0.39, 0.29) is 24.0 Å². The maximum atomic E-state index is 13.7. The van der Waals surface area contributed by atoms with Gasteiger partial charge >= 0.3 is 0 Å². The van der Waals surface area contributed by atoms with Crippen LogP contribution in [0.1, 0.15) is 23.2 Å². The summed E-state index contributed by atoms with van der Waals surface area (Å²) < 4.78 is 25.2. The molecular formula is C24H21FN2O4. The van der Waals surface area contributed by atoms with Crippen LogP contribution in [0.2, 0.25) is 0 Å². The van der Waals surface area contributed by atoms with E-state index in [1.54, 1.807) is 30.3 Å². The minimum Gasteiger partial charge on any atom is -0.486 e. The van der Waals surface area contributed by atoms with Crippen molar-refractivity contribution in [3.63, 3.8) is 0 Å². The minimum atomic E-state index is -0.584. The van der Waals surface area contributed by atoms with Crippen LogP contribution in [0.4, 0.5) is 15.8 Å². The van der Waals surface area contributed by atoms with Crippen molar-refractivity contribution in [2.45, 2.75) is 18.9 Å². The fourth-order valence-corrected chi connectivity index (χ4v) is 3.20. The van der Waals surface area contributed by atoms with Gasteiger partial charge in [0.05, 0.1) is 5.56 Å². The lowest BCUT2D eigenvalue weighted by atomic mass is 10.1. The van der Waals surface area contributed by atoms with E-state index in [0.29, 0.717) is 35.9 Å². The molecule has 158 valence electrons.